The molecule has 3 aromatic rings. The van der Waals surface area contributed by atoms with E-state index in [-0.39, 0.29) is 12.7 Å². The quantitative estimate of drug-likeness (QED) is 0.760. The first-order valence-corrected chi connectivity index (χ1v) is 9.96. The lowest BCUT2D eigenvalue weighted by Crippen LogP contribution is -2.50. The molecule has 2 unspecified atom stereocenters. The summed E-state index contributed by atoms with van der Waals surface area (Å²) in [6.07, 6.45) is 0.178. The second kappa shape index (κ2) is 7.51. The molecule has 2 saturated heterocycles. The van der Waals surface area contributed by atoms with Crippen LogP contribution < -0.4 is 4.90 Å². The predicted octanol–water partition coefficient (Wildman–Crippen LogP) is 2.82. The number of para-hydroxylation sites is 1. The van der Waals surface area contributed by atoms with Crippen LogP contribution >= 0.6 is 0 Å². The molecule has 5 nitrogen and oxygen atoms in total. The number of ether oxygens (including phenoxy) is 1. The van der Waals surface area contributed by atoms with Gasteiger partial charge in [0.15, 0.2) is 0 Å². The van der Waals surface area contributed by atoms with Gasteiger partial charge in [-0.3, -0.25) is 4.90 Å². The van der Waals surface area contributed by atoms with Crippen molar-refractivity contribution in [2.45, 2.75) is 25.3 Å². The van der Waals surface area contributed by atoms with Crippen LogP contribution in [0.1, 0.15) is 11.1 Å². The van der Waals surface area contributed by atoms with Crippen LogP contribution in [0.4, 0.5) is 5.82 Å². The summed E-state index contributed by atoms with van der Waals surface area (Å²) in [7, 11) is 0. The lowest BCUT2D eigenvalue weighted by molar-refractivity contribution is -0.0499. The zero-order valence-electron chi connectivity index (χ0n) is 15.9. The fourth-order valence-corrected chi connectivity index (χ4v) is 4.49. The Morgan fingerprint density at radius 3 is 2.71 bits per heavy atom. The van der Waals surface area contributed by atoms with Gasteiger partial charge in [-0.1, -0.05) is 48.5 Å². The summed E-state index contributed by atoms with van der Waals surface area (Å²) < 4.78 is 6.11. The van der Waals surface area contributed by atoms with Gasteiger partial charge in [0, 0.05) is 37.1 Å². The molecular formula is C23H25N3O2. The van der Waals surface area contributed by atoms with Crippen molar-refractivity contribution in [1.82, 2.24) is 9.88 Å². The van der Waals surface area contributed by atoms with E-state index in [0.29, 0.717) is 6.04 Å². The number of nitrogens with zero attached hydrogens (tertiary/aromatic N) is 3. The van der Waals surface area contributed by atoms with Gasteiger partial charge >= 0.3 is 0 Å². The maximum Gasteiger partial charge on any atom is 0.134 e. The van der Waals surface area contributed by atoms with Crippen LogP contribution in [0, 0.1) is 0 Å². The van der Waals surface area contributed by atoms with Crippen molar-refractivity contribution >= 4 is 16.7 Å². The normalized spacial score (nSPS) is 22.5. The third-order valence-electron chi connectivity index (χ3n) is 5.89. The first-order chi connectivity index (χ1) is 13.8. The molecule has 2 fully saturated rings. The average molecular weight is 375 g/mol. The van der Waals surface area contributed by atoms with E-state index in [2.05, 4.69) is 46.2 Å². The minimum absolute atomic E-state index is 0.00636. The molecule has 144 valence electrons. The summed E-state index contributed by atoms with van der Waals surface area (Å²) in [4.78, 5) is 9.71. The highest BCUT2D eigenvalue weighted by molar-refractivity contribution is 5.81. The van der Waals surface area contributed by atoms with Crippen LogP contribution in [0.3, 0.4) is 0 Å². The molecule has 28 heavy (non-hydrogen) atoms. The van der Waals surface area contributed by atoms with Gasteiger partial charge in [0.05, 0.1) is 30.9 Å². The Hall–Kier alpha value is -2.47. The summed E-state index contributed by atoms with van der Waals surface area (Å²) in [6.45, 7) is 4.33. The first-order valence-electron chi connectivity index (χ1n) is 9.96. The fraction of sp³-hybridized carbons (Fsp3) is 0.348. The number of morpholine rings is 1. The van der Waals surface area contributed by atoms with Crippen LogP contribution in [0.2, 0.25) is 0 Å². The number of aliphatic hydroxyl groups excluding tert-OH is 1. The molecule has 0 amide bonds. The van der Waals surface area contributed by atoms with Gasteiger partial charge in [-0.05, 0) is 17.7 Å². The smallest absolute Gasteiger partial charge is 0.134 e. The second-order valence-corrected chi connectivity index (χ2v) is 7.66. The number of benzene rings is 2. The first kappa shape index (κ1) is 17.6. The number of hydrogen-bond acceptors (Lipinski definition) is 5. The third-order valence-corrected chi connectivity index (χ3v) is 5.89. The number of pyridine rings is 1. The van der Waals surface area contributed by atoms with Gasteiger partial charge in [0.2, 0.25) is 0 Å². The van der Waals surface area contributed by atoms with Crippen molar-refractivity contribution in [3.05, 3.63) is 71.8 Å². The van der Waals surface area contributed by atoms with Crippen LogP contribution in [0.5, 0.6) is 0 Å². The number of rotatable bonds is 4. The molecule has 5 heteroatoms. The topological polar surface area (TPSA) is 48.8 Å². The molecule has 2 aromatic carbocycles. The van der Waals surface area contributed by atoms with Gasteiger partial charge in [-0.2, -0.15) is 0 Å². The number of aliphatic hydroxyl groups is 1. The van der Waals surface area contributed by atoms with E-state index in [1.54, 1.807) is 0 Å². The van der Waals surface area contributed by atoms with E-state index in [1.807, 2.05) is 24.3 Å². The van der Waals surface area contributed by atoms with E-state index in [4.69, 9.17) is 9.72 Å². The summed E-state index contributed by atoms with van der Waals surface area (Å²) in [5, 5.41) is 11.0. The molecular weight excluding hydrogens is 350 g/mol. The molecule has 1 N–H and O–H groups in total. The molecule has 0 spiro atoms. The highest BCUT2D eigenvalue weighted by atomic mass is 16.5. The fourth-order valence-electron chi connectivity index (χ4n) is 4.49. The zero-order chi connectivity index (χ0) is 18.9. The Morgan fingerprint density at radius 1 is 1.04 bits per heavy atom. The van der Waals surface area contributed by atoms with Crippen molar-refractivity contribution in [2.24, 2.45) is 0 Å². The number of fused-ring (bicyclic) bond motifs is 2. The predicted molar refractivity (Wildman–Crippen MR) is 110 cm³/mol. The number of aromatic nitrogens is 1. The van der Waals surface area contributed by atoms with Gasteiger partial charge in [0.25, 0.3) is 0 Å². The molecule has 1 aromatic heterocycles. The van der Waals surface area contributed by atoms with Crippen LogP contribution in [0.25, 0.3) is 10.9 Å². The second-order valence-electron chi connectivity index (χ2n) is 7.66. The lowest BCUT2D eigenvalue weighted by atomic mass is 10.1. The Balaban J connectivity index is 1.42. The van der Waals surface area contributed by atoms with Gasteiger partial charge in [-0.15, -0.1) is 0 Å². The summed E-state index contributed by atoms with van der Waals surface area (Å²) in [5.74, 6) is 0.888. The maximum absolute atomic E-state index is 9.94. The van der Waals surface area contributed by atoms with Crippen LogP contribution in [-0.2, 0) is 17.9 Å². The Kier molecular flexibility index (Phi) is 4.72. The van der Waals surface area contributed by atoms with Crippen molar-refractivity contribution in [3.8, 4) is 0 Å². The summed E-state index contributed by atoms with van der Waals surface area (Å²) in [5.41, 5.74) is 3.18. The molecule has 0 bridgehead atoms. The standard InChI is InChI=1S/C23H25N3O2/c27-16-19-12-18-8-4-5-9-20(18)24-23(19)26-14-21-22(15-26)28-11-10-25(21)13-17-6-2-1-3-7-17/h1-9,12,21-22,27H,10-11,13-16H2. The van der Waals surface area contributed by atoms with Gasteiger partial charge in [-0.25, -0.2) is 4.98 Å². The molecule has 5 rings (SSSR count). The summed E-state index contributed by atoms with van der Waals surface area (Å²) in [6, 6.07) is 21.1. The molecule has 2 aliphatic rings. The average Bonchev–Trinajstić information content (AvgIpc) is 3.19. The maximum atomic E-state index is 9.94. The molecule has 2 aliphatic heterocycles. The van der Waals surface area contributed by atoms with Crippen LogP contribution in [0.15, 0.2) is 60.7 Å². The summed E-state index contributed by atoms with van der Waals surface area (Å²) >= 11 is 0. The highest BCUT2D eigenvalue weighted by Crippen LogP contribution is 2.31. The van der Waals surface area contributed by atoms with E-state index in [9.17, 15) is 5.11 Å². The van der Waals surface area contributed by atoms with Gasteiger partial charge in [0.1, 0.15) is 5.82 Å². The largest absolute Gasteiger partial charge is 0.392 e. The Bertz CT molecular complexity index is 962. The third kappa shape index (κ3) is 3.26. The minimum atomic E-state index is -0.00636. The minimum Gasteiger partial charge on any atom is -0.392 e. The zero-order valence-corrected chi connectivity index (χ0v) is 15.9. The number of anilines is 1. The van der Waals surface area contributed by atoms with E-state index < -0.39 is 0 Å². The van der Waals surface area contributed by atoms with Crippen LogP contribution in [-0.4, -0.2) is 53.4 Å². The van der Waals surface area contributed by atoms with E-state index in [0.717, 1.165) is 55.1 Å². The SMILES string of the molecule is OCc1cc2ccccc2nc1N1CC2OCCN(Cc3ccccc3)C2C1. The van der Waals surface area contributed by atoms with Crippen molar-refractivity contribution in [3.63, 3.8) is 0 Å². The van der Waals surface area contributed by atoms with Crippen molar-refractivity contribution in [2.75, 3.05) is 31.1 Å². The molecule has 3 heterocycles. The highest BCUT2D eigenvalue weighted by Gasteiger charge is 2.41. The molecule has 0 saturated carbocycles. The Morgan fingerprint density at radius 2 is 1.86 bits per heavy atom. The molecule has 0 radical (unpaired) electrons. The van der Waals surface area contributed by atoms with Crippen molar-refractivity contribution < 1.29 is 9.84 Å². The van der Waals surface area contributed by atoms with E-state index in [1.165, 1.54) is 5.56 Å². The van der Waals surface area contributed by atoms with E-state index >= 15 is 0 Å². The number of hydrogen-bond donors (Lipinski definition) is 1. The Labute approximate surface area is 165 Å². The monoisotopic (exact) mass is 375 g/mol. The molecule has 0 aliphatic carbocycles. The lowest BCUT2D eigenvalue weighted by Gasteiger charge is -2.36. The van der Waals surface area contributed by atoms with Crippen molar-refractivity contribution in [1.29, 1.82) is 0 Å². The molecule has 2 atom stereocenters. The van der Waals surface area contributed by atoms with Gasteiger partial charge < -0.3 is 14.7 Å².